The molecular weight excluding hydrogens is 412 g/mol. The zero-order valence-corrected chi connectivity index (χ0v) is 16.4. The summed E-state index contributed by atoms with van der Waals surface area (Å²) in [6.45, 7) is 1.25. The normalized spacial score (nSPS) is 15.3. The van der Waals surface area contributed by atoms with Crippen LogP contribution in [0.3, 0.4) is 0 Å². The van der Waals surface area contributed by atoms with Crippen molar-refractivity contribution in [2.24, 2.45) is 0 Å². The molecule has 27 heavy (non-hydrogen) atoms. The van der Waals surface area contributed by atoms with Gasteiger partial charge in [0, 0.05) is 30.6 Å². The lowest BCUT2D eigenvalue weighted by atomic mass is 9.97. The van der Waals surface area contributed by atoms with Gasteiger partial charge in [0.1, 0.15) is 16.6 Å². The first-order valence-corrected chi connectivity index (χ1v) is 10.4. The third-order valence-electron chi connectivity index (χ3n) is 4.52. The molecule has 0 atom stereocenters. The molecule has 1 fully saturated rings. The van der Waals surface area contributed by atoms with E-state index in [0.29, 0.717) is 27.3 Å². The Morgan fingerprint density at radius 2 is 1.89 bits per heavy atom. The number of likely N-dealkylation sites (tertiary alicyclic amines) is 1. The Bertz CT molecular complexity index is 983. The highest BCUT2D eigenvalue weighted by atomic mass is 35.5. The van der Waals surface area contributed by atoms with Crippen LogP contribution >= 0.6 is 34.3 Å². The third kappa shape index (κ3) is 3.88. The van der Waals surface area contributed by atoms with Crippen LogP contribution in [0.15, 0.2) is 30.3 Å². The van der Waals surface area contributed by atoms with Gasteiger partial charge in [0.05, 0.1) is 9.21 Å². The maximum atomic E-state index is 13.9. The maximum Gasteiger partial charge on any atom is 0.263 e. The topological polar surface area (TPSA) is 46.1 Å². The van der Waals surface area contributed by atoms with Crippen molar-refractivity contribution in [2.45, 2.75) is 18.8 Å². The van der Waals surface area contributed by atoms with Crippen molar-refractivity contribution in [1.29, 1.82) is 0 Å². The summed E-state index contributed by atoms with van der Waals surface area (Å²) >= 11 is 8.51. The largest absolute Gasteiger partial charge is 0.338 e. The molecule has 2 aromatic heterocycles. The maximum absolute atomic E-state index is 13.9. The van der Waals surface area contributed by atoms with Crippen LogP contribution < -0.4 is 0 Å². The number of thiophene rings is 1. The summed E-state index contributed by atoms with van der Waals surface area (Å²) in [4.78, 5) is 15.0. The van der Waals surface area contributed by atoms with Gasteiger partial charge in [0.25, 0.3) is 5.91 Å². The fourth-order valence-electron chi connectivity index (χ4n) is 3.09. The first-order valence-electron chi connectivity index (χ1n) is 8.34. The second kappa shape index (κ2) is 7.61. The van der Waals surface area contributed by atoms with Crippen LogP contribution in [0.25, 0.3) is 10.6 Å². The van der Waals surface area contributed by atoms with Crippen molar-refractivity contribution in [3.63, 3.8) is 0 Å². The molecule has 4 nitrogen and oxygen atoms in total. The summed E-state index contributed by atoms with van der Waals surface area (Å²) in [6, 6.07) is 6.90. The molecule has 3 aromatic rings. The zero-order valence-electron chi connectivity index (χ0n) is 14.0. The number of piperidine rings is 1. The van der Waals surface area contributed by atoms with Gasteiger partial charge in [-0.05, 0) is 37.1 Å². The first kappa shape index (κ1) is 18.5. The molecule has 140 valence electrons. The van der Waals surface area contributed by atoms with Gasteiger partial charge in [0.15, 0.2) is 5.01 Å². The molecule has 1 amide bonds. The van der Waals surface area contributed by atoms with Crippen molar-refractivity contribution in [2.75, 3.05) is 13.1 Å². The van der Waals surface area contributed by atoms with Crippen molar-refractivity contribution < 1.29 is 13.6 Å². The van der Waals surface area contributed by atoms with Gasteiger partial charge in [-0.3, -0.25) is 4.79 Å². The van der Waals surface area contributed by atoms with Crippen LogP contribution in [0.1, 0.15) is 33.4 Å². The van der Waals surface area contributed by atoms with E-state index < -0.39 is 11.6 Å². The Balaban J connectivity index is 1.43. The molecule has 9 heteroatoms. The molecule has 0 spiro atoms. The number of halogens is 3. The molecule has 1 aliphatic rings. The SMILES string of the molecule is O=C(c1ccc(Cl)s1)N1CCC(c2nnc(-c3ccc(F)cc3F)s2)CC1. The third-order valence-corrected chi connectivity index (χ3v) is 6.86. The van der Waals surface area contributed by atoms with Crippen molar-refractivity contribution >= 4 is 40.2 Å². The highest BCUT2D eigenvalue weighted by Gasteiger charge is 2.27. The Labute approximate surface area is 167 Å². The summed E-state index contributed by atoms with van der Waals surface area (Å²) in [5, 5.41) is 9.53. The average molecular weight is 426 g/mol. The fraction of sp³-hybridized carbons (Fsp3) is 0.278. The highest BCUT2D eigenvalue weighted by molar-refractivity contribution is 7.18. The van der Waals surface area contributed by atoms with Crippen LogP contribution in [0.2, 0.25) is 4.34 Å². The molecule has 1 aliphatic heterocycles. The van der Waals surface area contributed by atoms with E-state index in [1.807, 2.05) is 4.90 Å². The number of benzene rings is 1. The van der Waals surface area contributed by atoms with E-state index in [9.17, 15) is 13.6 Å². The highest BCUT2D eigenvalue weighted by Crippen LogP contribution is 2.35. The van der Waals surface area contributed by atoms with Crippen LogP contribution in [-0.4, -0.2) is 34.1 Å². The van der Waals surface area contributed by atoms with Gasteiger partial charge < -0.3 is 4.90 Å². The second-order valence-electron chi connectivity index (χ2n) is 6.24. The predicted molar refractivity (Wildman–Crippen MR) is 102 cm³/mol. The Morgan fingerprint density at radius 3 is 2.56 bits per heavy atom. The van der Waals surface area contributed by atoms with Gasteiger partial charge >= 0.3 is 0 Å². The number of carbonyl (C=O) groups excluding carboxylic acids is 1. The molecule has 3 heterocycles. The molecule has 0 unspecified atom stereocenters. The lowest BCUT2D eigenvalue weighted by molar-refractivity contribution is 0.0717. The number of carbonyl (C=O) groups is 1. The van der Waals surface area contributed by atoms with E-state index in [1.54, 1.807) is 12.1 Å². The quantitative estimate of drug-likeness (QED) is 0.578. The minimum atomic E-state index is -0.646. The summed E-state index contributed by atoms with van der Waals surface area (Å²) in [6.07, 6.45) is 1.54. The molecule has 0 bridgehead atoms. The van der Waals surface area contributed by atoms with Gasteiger partial charge in [-0.1, -0.05) is 22.9 Å². The molecule has 0 aliphatic carbocycles. The number of aromatic nitrogens is 2. The number of hydrogen-bond donors (Lipinski definition) is 0. The van der Waals surface area contributed by atoms with Crippen molar-refractivity contribution in [3.8, 4) is 10.6 Å². The average Bonchev–Trinajstić information content (AvgIpc) is 3.31. The summed E-state index contributed by atoms with van der Waals surface area (Å²) < 4.78 is 27.6. The number of hydrogen-bond acceptors (Lipinski definition) is 5. The lowest BCUT2D eigenvalue weighted by Gasteiger charge is -2.30. The molecule has 1 aromatic carbocycles. The van der Waals surface area contributed by atoms with E-state index >= 15 is 0 Å². The van der Waals surface area contributed by atoms with Gasteiger partial charge in [0.2, 0.25) is 0 Å². The van der Waals surface area contributed by atoms with Crippen LogP contribution in [0.4, 0.5) is 8.78 Å². The van der Waals surface area contributed by atoms with Gasteiger partial charge in [-0.25, -0.2) is 8.78 Å². The molecular formula is C18H14ClF2N3OS2. The minimum Gasteiger partial charge on any atom is -0.338 e. The molecule has 1 saturated heterocycles. The zero-order chi connectivity index (χ0) is 19.0. The smallest absolute Gasteiger partial charge is 0.263 e. The van der Waals surface area contributed by atoms with Crippen molar-refractivity contribution in [1.82, 2.24) is 15.1 Å². The monoisotopic (exact) mass is 425 g/mol. The molecule has 0 N–H and O–H groups in total. The molecule has 0 saturated carbocycles. The van der Waals surface area contributed by atoms with E-state index in [-0.39, 0.29) is 17.4 Å². The summed E-state index contributed by atoms with van der Waals surface area (Å²) in [5.74, 6) is -1.09. The van der Waals surface area contributed by atoms with Gasteiger partial charge in [-0.15, -0.1) is 21.5 Å². The number of amides is 1. The summed E-state index contributed by atoms with van der Waals surface area (Å²) in [7, 11) is 0. The van der Waals surface area contributed by atoms with E-state index in [0.717, 1.165) is 23.9 Å². The van der Waals surface area contributed by atoms with E-state index in [2.05, 4.69) is 10.2 Å². The first-order chi connectivity index (χ1) is 13.0. The number of nitrogens with zero attached hydrogens (tertiary/aromatic N) is 3. The van der Waals surface area contributed by atoms with Gasteiger partial charge in [-0.2, -0.15) is 0 Å². The Morgan fingerprint density at radius 1 is 1.11 bits per heavy atom. The number of rotatable bonds is 3. The van der Waals surface area contributed by atoms with Crippen LogP contribution in [0.5, 0.6) is 0 Å². The standard InChI is InChI=1S/C18H14ClF2N3OS2/c19-15-4-3-14(26-15)18(25)24-7-5-10(6-8-24)16-22-23-17(27-16)12-2-1-11(20)9-13(12)21/h1-4,9-10H,5-8H2. The predicted octanol–water partition coefficient (Wildman–Crippen LogP) is 5.22. The summed E-state index contributed by atoms with van der Waals surface area (Å²) in [5.41, 5.74) is 0.252. The van der Waals surface area contributed by atoms with Crippen LogP contribution in [0, 0.1) is 11.6 Å². The van der Waals surface area contributed by atoms with E-state index in [1.165, 1.54) is 34.8 Å². The van der Waals surface area contributed by atoms with Crippen LogP contribution in [-0.2, 0) is 0 Å². The van der Waals surface area contributed by atoms with E-state index in [4.69, 9.17) is 11.6 Å². The minimum absolute atomic E-state index is 0.00307. The lowest BCUT2D eigenvalue weighted by Crippen LogP contribution is -2.37. The molecule has 4 rings (SSSR count). The fourth-order valence-corrected chi connectivity index (χ4v) is 5.14. The second-order valence-corrected chi connectivity index (χ2v) is 8.96. The van der Waals surface area contributed by atoms with Crippen molar-refractivity contribution in [3.05, 3.63) is 56.2 Å². The Kier molecular flexibility index (Phi) is 5.21. The Hall–Kier alpha value is -1.90. The molecule has 0 radical (unpaired) electrons.